The van der Waals surface area contributed by atoms with Crippen LogP contribution in [0.5, 0.6) is 0 Å². The number of anilines is 1. The fourth-order valence-electron chi connectivity index (χ4n) is 1.91. The first-order valence-electron chi connectivity index (χ1n) is 5.99. The second-order valence-electron chi connectivity index (χ2n) is 4.15. The minimum absolute atomic E-state index is 0.890. The molecule has 0 radical (unpaired) electrons. The first kappa shape index (κ1) is 12.2. The van der Waals surface area contributed by atoms with Gasteiger partial charge in [0.05, 0.1) is 5.00 Å². The third-order valence-corrected chi connectivity index (χ3v) is 4.65. The van der Waals surface area contributed by atoms with Gasteiger partial charge in [-0.2, -0.15) is 0 Å². The van der Waals surface area contributed by atoms with Crippen molar-refractivity contribution in [2.75, 3.05) is 5.73 Å². The maximum absolute atomic E-state index is 5.61. The van der Waals surface area contributed by atoms with E-state index in [0.29, 0.717) is 0 Å². The van der Waals surface area contributed by atoms with Gasteiger partial charge in [-0.25, -0.2) is 0 Å². The number of rotatable bonds is 0. The normalized spacial score (nSPS) is 10.3. The summed E-state index contributed by atoms with van der Waals surface area (Å²) in [6, 6.07) is 20.7. The van der Waals surface area contributed by atoms with E-state index < -0.39 is 0 Å². The summed E-state index contributed by atoms with van der Waals surface area (Å²) in [6.07, 6.45) is 0. The average molecular weight is 283 g/mol. The van der Waals surface area contributed by atoms with Crippen molar-refractivity contribution in [2.45, 2.75) is 0 Å². The third kappa shape index (κ3) is 2.78. The molecule has 1 nitrogen and oxygen atoms in total. The Bertz CT molecular complexity index is 735. The lowest BCUT2D eigenvalue weighted by molar-refractivity contribution is 1.85. The minimum Gasteiger partial charge on any atom is -0.391 e. The van der Waals surface area contributed by atoms with Crippen LogP contribution in [0.25, 0.3) is 20.2 Å². The van der Waals surface area contributed by atoms with E-state index in [1.165, 1.54) is 20.2 Å². The number of hydrogen-bond donors (Lipinski definition) is 1. The Morgan fingerprint density at radius 2 is 1.42 bits per heavy atom. The van der Waals surface area contributed by atoms with E-state index in [4.69, 9.17) is 5.73 Å². The summed E-state index contributed by atoms with van der Waals surface area (Å²) in [5.74, 6) is 0. The molecule has 4 aromatic rings. The van der Waals surface area contributed by atoms with E-state index in [2.05, 4.69) is 47.8 Å². The van der Waals surface area contributed by atoms with Crippen molar-refractivity contribution in [3.05, 3.63) is 66.0 Å². The summed E-state index contributed by atoms with van der Waals surface area (Å²) in [5, 5.41) is 5.60. The van der Waals surface area contributed by atoms with E-state index in [9.17, 15) is 0 Å². The number of nitrogens with two attached hydrogens (primary N) is 1. The highest BCUT2D eigenvalue weighted by Gasteiger charge is 1.94. The maximum Gasteiger partial charge on any atom is 0.0868 e. The molecule has 19 heavy (non-hydrogen) atoms. The largest absolute Gasteiger partial charge is 0.391 e. The monoisotopic (exact) mass is 283 g/mol. The van der Waals surface area contributed by atoms with Gasteiger partial charge >= 0.3 is 0 Å². The topological polar surface area (TPSA) is 26.0 Å². The summed E-state index contributed by atoms with van der Waals surface area (Å²) in [4.78, 5) is 0. The molecule has 0 saturated heterocycles. The Labute approximate surface area is 119 Å². The van der Waals surface area contributed by atoms with Crippen molar-refractivity contribution in [2.24, 2.45) is 0 Å². The Morgan fingerprint density at radius 3 is 2.16 bits per heavy atom. The predicted molar refractivity (Wildman–Crippen MR) is 88.1 cm³/mol. The Kier molecular flexibility index (Phi) is 3.49. The molecule has 0 amide bonds. The summed E-state index contributed by atoms with van der Waals surface area (Å²) in [5.41, 5.74) is 5.61. The van der Waals surface area contributed by atoms with Crippen LogP contribution in [0.4, 0.5) is 5.00 Å². The third-order valence-electron chi connectivity index (χ3n) is 2.81. The smallest absolute Gasteiger partial charge is 0.0868 e. The highest BCUT2D eigenvalue weighted by atomic mass is 32.1. The van der Waals surface area contributed by atoms with Crippen LogP contribution in [0.1, 0.15) is 0 Å². The SMILES string of the molecule is Nc1cc2ccccc2s1.c1ccc2sccc2c1. The van der Waals surface area contributed by atoms with Crippen LogP contribution in [-0.4, -0.2) is 0 Å². The zero-order valence-corrected chi connectivity index (χ0v) is 11.9. The van der Waals surface area contributed by atoms with Crippen LogP contribution in [0.3, 0.4) is 0 Å². The van der Waals surface area contributed by atoms with Gasteiger partial charge in [0.1, 0.15) is 0 Å². The van der Waals surface area contributed by atoms with Gasteiger partial charge < -0.3 is 5.73 Å². The molecule has 2 aromatic carbocycles. The fraction of sp³-hybridized carbons (Fsp3) is 0. The number of nitrogen functional groups attached to an aromatic ring is 1. The number of benzene rings is 2. The van der Waals surface area contributed by atoms with E-state index in [1.807, 2.05) is 18.2 Å². The summed E-state index contributed by atoms with van der Waals surface area (Å²) < 4.78 is 2.64. The molecule has 4 rings (SSSR count). The van der Waals surface area contributed by atoms with Crippen LogP contribution in [0.2, 0.25) is 0 Å². The van der Waals surface area contributed by atoms with Crippen LogP contribution in [0, 0.1) is 0 Å². The number of fused-ring (bicyclic) bond motifs is 2. The zero-order valence-electron chi connectivity index (χ0n) is 10.2. The van der Waals surface area contributed by atoms with Crippen LogP contribution < -0.4 is 5.73 Å². The van der Waals surface area contributed by atoms with Gasteiger partial charge in [-0.1, -0.05) is 36.4 Å². The molecule has 0 saturated carbocycles. The number of thiophene rings is 2. The molecule has 3 heteroatoms. The summed E-state index contributed by atoms with van der Waals surface area (Å²) in [6.45, 7) is 0. The van der Waals surface area contributed by atoms with Gasteiger partial charge in [0.15, 0.2) is 0 Å². The lowest BCUT2D eigenvalue weighted by Gasteiger charge is -1.82. The van der Waals surface area contributed by atoms with E-state index in [-0.39, 0.29) is 0 Å². The molecule has 2 heterocycles. The van der Waals surface area contributed by atoms with Crippen molar-refractivity contribution in [1.29, 1.82) is 0 Å². The summed E-state index contributed by atoms with van der Waals surface area (Å²) >= 11 is 3.42. The fourth-order valence-corrected chi connectivity index (χ4v) is 3.53. The van der Waals surface area contributed by atoms with E-state index >= 15 is 0 Å². The molecule has 0 fully saturated rings. The van der Waals surface area contributed by atoms with Crippen LogP contribution >= 0.6 is 22.7 Å². The van der Waals surface area contributed by atoms with Crippen molar-refractivity contribution < 1.29 is 0 Å². The van der Waals surface area contributed by atoms with Gasteiger partial charge in [-0.15, -0.1) is 22.7 Å². The molecular weight excluding hydrogens is 270 g/mol. The Hall–Kier alpha value is -1.84. The van der Waals surface area contributed by atoms with Crippen molar-refractivity contribution in [3.63, 3.8) is 0 Å². The Morgan fingerprint density at radius 1 is 0.737 bits per heavy atom. The van der Waals surface area contributed by atoms with Crippen molar-refractivity contribution in [3.8, 4) is 0 Å². The first-order valence-corrected chi connectivity index (χ1v) is 7.69. The van der Waals surface area contributed by atoms with Crippen molar-refractivity contribution in [1.82, 2.24) is 0 Å². The summed E-state index contributed by atoms with van der Waals surface area (Å²) in [7, 11) is 0. The molecule has 0 aliphatic carbocycles. The van der Waals surface area contributed by atoms with E-state index in [1.54, 1.807) is 22.7 Å². The molecule has 0 bridgehead atoms. The number of hydrogen-bond acceptors (Lipinski definition) is 3. The van der Waals surface area contributed by atoms with Crippen molar-refractivity contribution >= 4 is 47.8 Å². The second kappa shape index (κ2) is 5.43. The van der Waals surface area contributed by atoms with Gasteiger partial charge in [0, 0.05) is 9.40 Å². The molecule has 94 valence electrons. The lowest BCUT2D eigenvalue weighted by atomic mass is 10.3. The molecule has 0 unspecified atom stereocenters. The van der Waals surface area contributed by atoms with Gasteiger partial charge in [0.2, 0.25) is 0 Å². The molecule has 2 aromatic heterocycles. The quantitative estimate of drug-likeness (QED) is 0.460. The predicted octanol–water partition coefficient (Wildman–Crippen LogP) is 5.38. The zero-order chi connectivity index (χ0) is 13.1. The molecule has 2 N–H and O–H groups in total. The van der Waals surface area contributed by atoms with Gasteiger partial charge in [-0.05, 0) is 40.4 Å². The molecular formula is C16H13NS2. The molecule has 0 atom stereocenters. The van der Waals surface area contributed by atoms with Crippen LogP contribution in [-0.2, 0) is 0 Å². The standard InChI is InChI=1S/C8H7NS.C8H6S/c9-8-5-6-3-1-2-4-7(6)10-8;1-2-4-8-7(3-1)5-6-9-8/h1-5H,9H2;1-6H. The Balaban J connectivity index is 0.000000117. The first-order chi connectivity index (χ1) is 9.33. The highest BCUT2D eigenvalue weighted by Crippen LogP contribution is 2.26. The average Bonchev–Trinajstić information content (AvgIpc) is 3.03. The molecule has 0 aliphatic rings. The second-order valence-corrected chi connectivity index (χ2v) is 6.21. The van der Waals surface area contributed by atoms with E-state index in [0.717, 1.165) is 5.00 Å². The highest BCUT2D eigenvalue weighted by molar-refractivity contribution is 7.22. The molecule has 0 aliphatic heterocycles. The molecule has 0 spiro atoms. The van der Waals surface area contributed by atoms with Crippen LogP contribution in [0.15, 0.2) is 66.0 Å². The minimum atomic E-state index is 0.890. The van der Waals surface area contributed by atoms with Gasteiger partial charge in [-0.3, -0.25) is 0 Å². The maximum atomic E-state index is 5.61. The lowest BCUT2D eigenvalue weighted by Crippen LogP contribution is -1.72. The van der Waals surface area contributed by atoms with Gasteiger partial charge in [0.25, 0.3) is 0 Å².